The number of hydrogen-bond acceptors (Lipinski definition) is 12. The first-order chi connectivity index (χ1) is 41.5. The minimum Gasteiger partial charge on any atom is -0.457 e. The van der Waals surface area contributed by atoms with E-state index in [2.05, 4.69) is 41.5 Å². The maximum absolute atomic E-state index is 13.9. The number of fused-ring (bicyclic) bond motifs is 4. The summed E-state index contributed by atoms with van der Waals surface area (Å²) < 4.78 is 24.5. The van der Waals surface area contributed by atoms with Crippen LogP contribution in [0.2, 0.25) is 0 Å². The van der Waals surface area contributed by atoms with Gasteiger partial charge in [0.05, 0.1) is 55.9 Å². The van der Waals surface area contributed by atoms with Crippen molar-refractivity contribution in [3.8, 4) is 46.0 Å². The number of anilines is 2. The Balaban J connectivity index is 0.604. The average Bonchev–Trinajstić information content (AvgIpc) is 1.78. The van der Waals surface area contributed by atoms with Gasteiger partial charge < -0.3 is 18.9 Å². The third-order valence-corrected chi connectivity index (χ3v) is 17.2. The van der Waals surface area contributed by atoms with Crippen LogP contribution in [0, 0.1) is 16.7 Å². The summed E-state index contributed by atoms with van der Waals surface area (Å²) in [6.45, 7) is 13.5. The molecule has 434 valence electrons. The Morgan fingerprint density at radius 3 is 1.09 bits per heavy atom. The Bertz CT molecular complexity index is 4280. The molecule has 0 bridgehead atoms. The molecule has 8 aromatic carbocycles. The van der Waals surface area contributed by atoms with Crippen LogP contribution in [0.1, 0.15) is 155 Å². The van der Waals surface area contributed by atoms with Gasteiger partial charge in [-0.2, -0.15) is 0 Å². The highest BCUT2D eigenvalue weighted by atomic mass is 16.5. The molecule has 0 N–H and O–H groups in total. The van der Waals surface area contributed by atoms with Crippen LogP contribution in [0.5, 0.6) is 46.0 Å². The molecule has 16 nitrogen and oxygen atoms in total. The first kappa shape index (κ1) is 55.7. The molecule has 16 heteroatoms. The second-order valence-corrected chi connectivity index (χ2v) is 24.8. The molecular formula is C71H58N4O12. The molecule has 0 radical (unpaired) electrons. The first-order valence-electron chi connectivity index (χ1n) is 28.7. The molecule has 2 unspecified atom stereocenters. The number of hydrogen-bond donors (Lipinski definition) is 0. The van der Waals surface area contributed by atoms with Crippen molar-refractivity contribution >= 4 is 58.6 Å². The van der Waals surface area contributed by atoms with E-state index >= 15 is 0 Å². The van der Waals surface area contributed by atoms with Gasteiger partial charge in [-0.15, -0.1) is 0 Å². The Kier molecular flexibility index (Phi) is 13.2. The summed E-state index contributed by atoms with van der Waals surface area (Å²) in [5.41, 5.74) is 4.15. The van der Waals surface area contributed by atoms with Crippen molar-refractivity contribution in [2.75, 3.05) is 23.4 Å². The lowest BCUT2D eigenvalue weighted by Crippen LogP contribution is -2.45. The molecule has 4 aliphatic heterocycles. The van der Waals surface area contributed by atoms with Crippen molar-refractivity contribution < 1.29 is 57.3 Å². The molecule has 8 amide bonds. The van der Waals surface area contributed by atoms with Gasteiger partial charge in [-0.1, -0.05) is 65.8 Å². The molecule has 1 aliphatic carbocycles. The third kappa shape index (κ3) is 9.95. The molecule has 0 saturated heterocycles. The van der Waals surface area contributed by atoms with Crippen LogP contribution >= 0.6 is 0 Å². The number of benzene rings is 8. The van der Waals surface area contributed by atoms with Gasteiger partial charge >= 0.3 is 0 Å². The zero-order chi connectivity index (χ0) is 61.0. The van der Waals surface area contributed by atoms with Gasteiger partial charge in [-0.25, -0.2) is 9.80 Å². The molecule has 4 heterocycles. The molecule has 2 atom stereocenters. The summed E-state index contributed by atoms with van der Waals surface area (Å²) in [7, 11) is 1.41. The van der Waals surface area contributed by atoms with E-state index in [-0.39, 0.29) is 67.3 Å². The minimum atomic E-state index is -0.522. The van der Waals surface area contributed by atoms with Crippen LogP contribution in [0.25, 0.3) is 0 Å². The largest absolute Gasteiger partial charge is 0.457 e. The van der Waals surface area contributed by atoms with Gasteiger partial charge in [0, 0.05) is 19.0 Å². The van der Waals surface area contributed by atoms with Gasteiger partial charge in [-0.3, -0.25) is 48.2 Å². The second kappa shape index (κ2) is 20.6. The number of carbonyl (C=O) groups is 8. The van der Waals surface area contributed by atoms with E-state index in [1.54, 1.807) is 91.0 Å². The molecule has 5 aliphatic rings. The SMILES string of the molecule is CC1CC(C)(C)CC(C)(CN2C(=O)c3ccc(Oc4ccc5c(c4)C(=O)N(c4ccc(Oc6ccc(C(C)(C)c7ccc(Oc8ccc(N9C(=O)c%10ccc(Oc%11ccc%12c(c%11)C(=O)N(C)C%12=O)cc%10C9=O)cc8)cc7)cc6)cc4)C5=O)cc3C2=O)C1. The molecule has 13 rings (SSSR count). The highest BCUT2D eigenvalue weighted by molar-refractivity contribution is 6.35. The summed E-state index contributed by atoms with van der Waals surface area (Å²) in [6.07, 6.45) is 2.95. The summed E-state index contributed by atoms with van der Waals surface area (Å²) in [6, 6.07) is 47.4. The van der Waals surface area contributed by atoms with Crippen LogP contribution in [0.15, 0.2) is 170 Å². The predicted octanol–water partition coefficient (Wildman–Crippen LogP) is 14.5. The lowest BCUT2D eigenvalue weighted by Gasteiger charge is -2.47. The van der Waals surface area contributed by atoms with Gasteiger partial charge in [-0.05, 0) is 193 Å². The third-order valence-electron chi connectivity index (χ3n) is 17.2. The van der Waals surface area contributed by atoms with E-state index in [9.17, 15) is 38.4 Å². The van der Waals surface area contributed by atoms with E-state index in [0.29, 0.717) is 69.6 Å². The average molecular weight is 1160 g/mol. The molecule has 87 heavy (non-hydrogen) atoms. The molecule has 1 fully saturated rings. The summed E-state index contributed by atoms with van der Waals surface area (Å²) in [5, 5.41) is 0. The normalized spacial score (nSPS) is 18.5. The van der Waals surface area contributed by atoms with Crippen LogP contribution < -0.4 is 28.7 Å². The van der Waals surface area contributed by atoms with Crippen molar-refractivity contribution in [2.45, 2.75) is 66.2 Å². The molecule has 0 aromatic heterocycles. The number of amides is 8. The van der Waals surface area contributed by atoms with E-state index in [4.69, 9.17) is 18.9 Å². The highest BCUT2D eigenvalue weighted by Gasteiger charge is 2.46. The van der Waals surface area contributed by atoms with Gasteiger partial charge in [0.1, 0.15) is 46.0 Å². The molecule has 1 saturated carbocycles. The van der Waals surface area contributed by atoms with Gasteiger partial charge in [0.15, 0.2) is 0 Å². The Labute approximate surface area is 501 Å². The van der Waals surface area contributed by atoms with E-state index in [0.717, 1.165) is 45.1 Å². The topological polar surface area (TPSA) is 186 Å². The second-order valence-electron chi connectivity index (χ2n) is 24.8. The van der Waals surface area contributed by atoms with Crippen molar-refractivity contribution in [1.82, 2.24) is 9.80 Å². The number of ether oxygens (including phenoxy) is 4. The van der Waals surface area contributed by atoms with Crippen molar-refractivity contribution in [2.24, 2.45) is 16.7 Å². The van der Waals surface area contributed by atoms with Crippen LogP contribution in [-0.2, 0) is 5.41 Å². The maximum atomic E-state index is 13.9. The fraction of sp³-hybridized carbons (Fsp3) is 0.211. The predicted molar refractivity (Wildman–Crippen MR) is 323 cm³/mol. The first-order valence-corrected chi connectivity index (χ1v) is 28.7. The molecule has 0 spiro atoms. The molecular weight excluding hydrogens is 1100 g/mol. The number of carbonyl (C=O) groups excluding carboxylic acids is 8. The van der Waals surface area contributed by atoms with E-state index in [1.165, 1.54) is 42.3 Å². The van der Waals surface area contributed by atoms with Crippen LogP contribution in [0.3, 0.4) is 0 Å². The van der Waals surface area contributed by atoms with Gasteiger partial charge in [0.2, 0.25) is 0 Å². The fourth-order valence-electron chi connectivity index (χ4n) is 13.5. The lowest BCUT2D eigenvalue weighted by molar-refractivity contribution is 0.0260. The Morgan fingerprint density at radius 2 is 0.690 bits per heavy atom. The summed E-state index contributed by atoms with van der Waals surface area (Å²) in [4.78, 5) is 112. The summed E-state index contributed by atoms with van der Waals surface area (Å²) in [5.74, 6) is 0.333. The quantitative estimate of drug-likeness (QED) is 0.0939. The van der Waals surface area contributed by atoms with Crippen LogP contribution in [-0.4, -0.2) is 70.6 Å². The smallest absolute Gasteiger partial charge is 0.266 e. The monoisotopic (exact) mass is 1160 g/mol. The Hall–Kier alpha value is -10.5. The van der Waals surface area contributed by atoms with Crippen molar-refractivity contribution in [1.29, 1.82) is 0 Å². The zero-order valence-corrected chi connectivity index (χ0v) is 48.8. The fourth-order valence-corrected chi connectivity index (χ4v) is 13.5. The zero-order valence-electron chi connectivity index (χ0n) is 48.8. The standard InChI is InChI=1S/C71H58N4O12/c1-40-36-69(2,3)38-71(6,37-40)39-73-63(78)54-29-25-50(33-58(54)64(73)79)87-52-27-31-56-60(35-52)68(83)75(66(56)81)44-14-22-48(23-15-44)85-46-18-10-42(11-19-46)70(4,5)41-8-16-45(17-9-41)84-47-20-12-43(13-21-47)74-65(80)55-30-26-51(34-59(55)67(74)82)86-49-24-28-53-57(32-49)62(77)72(7)61(53)76/h8-35,40H,36-39H2,1-7H3. The van der Waals surface area contributed by atoms with Gasteiger partial charge in [0.25, 0.3) is 47.3 Å². The maximum Gasteiger partial charge on any atom is 0.266 e. The van der Waals surface area contributed by atoms with Crippen molar-refractivity contribution in [3.63, 3.8) is 0 Å². The molecule has 8 aromatic rings. The highest BCUT2D eigenvalue weighted by Crippen LogP contribution is 2.50. The summed E-state index contributed by atoms with van der Waals surface area (Å²) >= 11 is 0. The number of rotatable bonds is 14. The van der Waals surface area contributed by atoms with E-state index in [1.807, 2.05) is 48.5 Å². The minimum absolute atomic E-state index is 0.111. The van der Waals surface area contributed by atoms with E-state index < -0.39 is 40.9 Å². The number of imide groups is 4. The van der Waals surface area contributed by atoms with Crippen LogP contribution in [0.4, 0.5) is 11.4 Å². The van der Waals surface area contributed by atoms with Crippen molar-refractivity contribution in [3.05, 3.63) is 225 Å². The lowest BCUT2D eigenvalue weighted by atomic mass is 9.61. The Morgan fingerprint density at radius 1 is 0.391 bits per heavy atom. The number of nitrogens with zero attached hydrogens (tertiary/aromatic N) is 4.